The van der Waals surface area contributed by atoms with Gasteiger partial charge in [-0.1, -0.05) is 30.0 Å². The van der Waals surface area contributed by atoms with Crippen molar-refractivity contribution in [3.8, 4) is 11.8 Å². The van der Waals surface area contributed by atoms with Gasteiger partial charge < -0.3 is 19.8 Å². The van der Waals surface area contributed by atoms with E-state index >= 15 is 0 Å². The second-order valence-corrected chi connectivity index (χ2v) is 7.22. The van der Waals surface area contributed by atoms with Gasteiger partial charge in [0.2, 0.25) is 0 Å². The molecule has 0 radical (unpaired) electrons. The van der Waals surface area contributed by atoms with Crippen molar-refractivity contribution in [2.24, 2.45) is 0 Å². The van der Waals surface area contributed by atoms with E-state index in [0.29, 0.717) is 24.7 Å². The lowest BCUT2D eigenvalue weighted by Crippen LogP contribution is -2.57. The van der Waals surface area contributed by atoms with Crippen molar-refractivity contribution in [2.45, 2.75) is 18.9 Å². The summed E-state index contributed by atoms with van der Waals surface area (Å²) in [6.45, 7) is 2.08. The smallest absolute Gasteiger partial charge is 0.318 e. The number of halogens is 1. The Balaban J connectivity index is 2.29. The molecule has 2 rings (SSSR count). The largest absolute Gasteiger partial charge is 0.325 e. The average Bonchev–Trinajstić information content (AvgIpc) is 2.78. The molecule has 0 aliphatic rings. The van der Waals surface area contributed by atoms with Crippen LogP contribution in [-0.2, 0) is 9.59 Å². The summed E-state index contributed by atoms with van der Waals surface area (Å²) in [5.74, 6) is 5.24. The molecular weight excluding hydrogens is 397 g/mol. The number of anilines is 1. The molecule has 31 heavy (non-hydrogen) atoms. The number of hydrogen-bond acceptors (Lipinski definition) is 4. The summed E-state index contributed by atoms with van der Waals surface area (Å²) >= 11 is 0. The molecule has 0 aliphatic heterocycles. The molecule has 2 aromatic carbocycles. The molecule has 1 atom stereocenters. The summed E-state index contributed by atoms with van der Waals surface area (Å²) in [6, 6.07) is 13.1. The first-order valence-electron chi connectivity index (χ1n) is 9.83. The van der Waals surface area contributed by atoms with E-state index in [1.807, 2.05) is 30.3 Å². The van der Waals surface area contributed by atoms with E-state index in [4.69, 9.17) is 0 Å². The Bertz CT molecular complexity index is 985. The molecule has 0 saturated carbocycles. The maximum atomic E-state index is 14.8. The number of amides is 2. The van der Waals surface area contributed by atoms with Gasteiger partial charge in [-0.2, -0.15) is 0 Å². The van der Waals surface area contributed by atoms with Gasteiger partial charge >= 0.3 is 6.03 Å². The molecule has 0 aliphatic carbocycles. The van der Waals surface area contributed by atoms with E-state index in [9.17, 15) is 18.8 Å². The summed E-state index contributed by atoms with van der Waals surface area (Å²) in [7, 11) is 3.13. The summed E-state index contributed by atoms with van der Waals surface area (Å²) in [5, 5.41) is 2.91. The number of nitrogens with one attached hydrogen (secondary N) is 1. The van der Waals surface area contributed by atoms with Crippen molar-refractivity contribution in [2.75, 3.05) is 32.1 Å². The average molecular weight is 423 g/mol. The molecule has 0 fully saturated rings. The van der Waals surface area contributed by atoms with Crippen LogP contribution in [0.15, 0.2) is 48.5 Å². The summed E-state index contributed by atoms with van der Waals surface area (Å²) in [4.78, 5) is 38.3. The number of rotatable bonds is 8. The predicted octanol–water partition coefficient (Wildman–Crippen LogP) is 2.85. The Morgan fingerprint density at radius 1 is 1.13 bits per heavy atom. The summed E-state index contributed by atoms with van der Waals surface area (Å²) in [5.41, 5.74) is -0.00911. The third-order valence-electron chi connectivity index (χ3n) is 4.90. The van der Waals surface area contributed by atoms with E-state index < -0.39 is 17.4 Å². The van der Waals surface area contributed by atoms with Crippen LogP contribution in [0.3, 0.4) is 0 Å². The molecule has 0 saturated heterocycles. The predicted molar refractivity (Wildman–Crippen MR) is 118 cm³/mol. The lowest BCUT2D eigenvalue weighted by molar-refractivity contribution is -0.120. The highest BCUT2D eigenvalue weighted by molar-refractivity contribution is 5.94. The van der Waals surface area contributed by atoms with Crippen LogP contribution in [0.5, 0.6) is 0 Å². The quantitative estimate of drug-likeness (QED) is 0.524. The Labute approximate surface area is 182 Å². The van der Waals surface area contributed by atoms with Crippen molar-refractivity contribution in [1.82, 2.24) is 10.2 Å². The molecule has 1 unspecified atom stereocenters. The molecule has 2 aromatic rings. The lowest BCUT2D eigenvalue weighted by Gasteiger charge is -2.38. The van der Waals surface area contributed by atoms with Gasteiger partial charge in [-0.05, 0) is 44.3 Å². The summed E-state index contributed by atoms with van der Waals surface area (Å²) in [6.07, 6.45) is 1.01. The summed E-state index contributed by atoms with van der Waals surface area (Å²) < 4.78 is 14.8. The van der Waals surface area contributed by atoms with Crippen LogP contribution in [0.2, 0.25) is 0 Å². The minimum absolute atomic E-state index is 0.0454. The van der Waals surface area contributed by atoms with Crippen LogP contribution < -0.4 is 10.2 Å². The van der Waals surface area contributed by atoms with Gasteiger partial charge in [0, 0.05) is 37.7 Å². The second-order valence-electron chi connectivity index (χ2n) is 7.22. The van der Waals surface area contributed by atoms with Crippen LogP contribution in [0.4, 0.5) is 14.9 Å². The van der Waals surface area contributed by atoms with Gasteiger partial charge in [0.25, 0.3) is 0 Å². The van der Waals surface area contributed by atoms with Crippen molar-refractivity contribution < 1.29 is 18.8 Å². The minimum Gasteiger partial charge on any atom is -0.318 e. The maximum Gasteiger partial charge on any atom is 0.325 e. The van der Waals surface area contributed by atoms with E-state index in [0.717, 1.165) is 10.5 Å². The fourth-order valence-corrected chi connectivity index (χ4v) is 2.99. The second kappa shape index (κ2) is 11.0. The number of hydrogen-bond donors (Lipinski definition) is 1. The molecular formula is C24H26FN3O3. The standard InChI is InChI=1S/C24H26FN3O3/c1-24(18-30,13-16-29)28(15-14-26-2)23(31)27(3)22-12-11-20(17-21(22)25)10-9-19-7-5-4-6-8-19/h4-8,11-12,16-18,26H,13-15H2,1-3H3. The Morgan fingerprint density at radius 3 is 2.39 bits per heavy atom. The number of likely N-dealkylation sites (N-methyl/N-ethyl adjacent to an activating group) is 1. The van der Waals surface area contributed by atoms with Crippen molar-refractivity contribution >= 4 is 24.3 Å². The Morgan fingerprint density at radius 2 is 1.81 bits per heavy atom. The maximum absolute atomic E-state index is 14.8. The molecule has 2 amide bonds. The number of nitrogens with zero attached hydrogens (tertiary/aromatic N) is 2. The number of carbonyl (C=O) groups is 3. The molecule has 0 aromatic heterocycles. The van der Waals surface area contributed by atoms with Crippen molar-refractivity contribution in [3.63, 3.8) is 0 Å². The third kappa shape index (κ3) is 6.00. The molecule has 0 heterocycles. The number of carbonyl (C=O) groups excluding carboxylic acids is 3. The molecule has 0 spiro atoms. The first-order chi connectivity index (χ1) is 14.9. The zero-order valence-corrected chi connectivity index (χ0v) is 17.9. The highest BCUT2D eigenvalue weighted by Crippen LogP contribution is 2.24. The topological polar surface area (TPSA) is 69.7 Å². The van der Waals surface area contributed by atoms with Crippen molar-refractivity contribution in [1.29, 1.82) is 0 Å². The van der Waals surface area contributed by atoms with Crippen LogP contribution in [0.25, 0.3) is 0 Å². The number of urea groups is 1. The Hall–Kier alpha value is -3.50. The minimum atomic E-state index is -1.33. The van der Waals surface area contributed by atoms with Crippen LogP contribution in [0.1, 0.15) is 24.5 Å². The Kier molecular flexibility index (Phi) is 8.47. The van der Waals surface area contributed by atoms with Gasteiger partial charge in [-0.3, -0.25) is 4.90 Å². The third-order valence-corrected chi connectivity index (χ3v) is 4.90. The molecule has 162 valence electrons. The monoisotopic (exact) mass is 423 g/mol. The highest BCUT2D eigenvalue weighted by atomic mass is 19.1. The van der Waals surface area contributed by atoms with Gasteiger partial charge in [-0.15, -0.1) is 0 Å². The zero-order valence-electron chi connectivity index (χ0n) is 17.9. The van der Waals surface area contributed by atoms with Gasteiger partial charge in [0.1, 0.15) is 23.9 Å². The first-order valence-corrected chi connectivity index (χ1v) is 9.83. The first kappa shape index (κ1) is 23.8. The number of benzene rings is 2. The zero-order chi connectivity index (χ0) is 22.9. The van der Waals surface area contributed by atoms with E-state index in [2.05, 4.69) is 17.2 Å². The van der Waals surface area contributed by atoms with Crippen LogP contribution in [-0.4, -0.2) is 56.2 Å². The van der Waals surface area contributed by atoms with Gasteiger partial charge in [-0.25, -0.2) is 9.18 Å². The van der Waals surface area contributed by atoms with E-state index in [1.165, 1.54) is 31.0 Å². The molecule has 7 heteroatoms. The molecule has 6 nitrogen and oxygen atoms in total. The normalized spacial score (nSPS) is 12.1. The van der Waals surface area contributed by atoms with E-state index in [-0.39, 0.29) is 18.7 Å². The lowest BCUT2D eigenvalue weighted by atomic mass is 9.98. The fraction of sp³-hybridized carbons (Fsp3) is 0.292. The fourth-order valence-electron chi connectivity index (χ4n) is 2.99. The SMILES string of the molecule is CNCCN(C(=O)N(C)c1ccc(C#Cc2ccccc2)cc1F)C(C)(C=O)CC=O. The van der Waals surface area contributed by atoms with Crippen LogP contribution in [0, 0.1) is 17.7 Å². The van der Waals surface area contributed by atoms with Crippen LogP contribution >= 0.6 is 0 Å². The molecule has 1 N–H and O–H groups in total. The van der Waals surface area contributed by atoms with Crippen molar-refractivity contribution in [3.05, 3.63) is 65.5 Å². The number of aldehydes is 2. The molecule has 0 bridgehead atoms. The van der Waals surface area contributed by atoms with Gasteiger partial charge in [0.05, 0.1) is 5.69 Å². The van der Waals surface area contributed by atoms with Gasteiger partial charge in [0.15, 0.2) is 0 Å². The van der Waals surface area contributed by atoms with E-state index in [1.54, 1.807) is 13.1 Å². The highest BCUT2D eigenvalue weighted by Gasteiger charge is 2.36.